The minimum atomic E-state index is -0.219. The van der Waals surface area contributed by atoms with E-state index in [9.17, 15) is 4.39 Å². The maximum Gasteiger partial charge on any atom is 0.173 e. The molecule has 2 aromatic carbocycles. The molecule has 1 aliphatic carbocycles. The van der Waals surface area contributed by atoms with E-state index in [0.29, 0.717) is 6.54 Å². The van der Waals surface area contributed by atoms with Crippen LogP contribution in [0.25, 0.3) is 0 Å². The lowest BCUT2D eigenvalue weighted by Crippen LogP contribution is -2.52. The smallest absolute Gasteiger partial charge is 0.173 e. The van der Waals surface area contributed by atoms with Crippen molar-refractivity contribution in [3.05, 3.63) is 77.4 Å². The van der Waals surface area contributed by atoms with Gasteiger partial charge in [0.2, 0.25) is 0 Å². The van der Waals surface area contributed by atoms with Crippen LogP contribution >= 0.6 is 0 Å². The van der Waals surface area contributed by atoms with E-state index < -0.39 is 0 Å². The average Bonchev–Trinajstić information content (AvgIpc) is 3.34. The number of piperazine rings is 1. The van der Waals surface area contributed by atoms with Crippen molar-refractivity contribution in [3.8, 4) is 0 Å². The molecule has 2 fully saturated rings. The highest BCUT2D eigenvalue weighted by Gasteiger charge is 2.32. The lowest BCUT2D eigenvalue weighted by Gasteiger charge is -2.43. The minimum Gasteiger partial charge on any atom is -0.298 e. The van der Waals surface area contributed by atoms with E-state index in [0.717, 1.165) is 50.0 Å². The van der Waals surface area contributed by atoms with E-state index in [-0.39, 0.29) is 11.9 Å². The van der Waals surface area contributed by atoms with Gasteiger partial charge in [0.1, 0.15) is 5.82 Å². The molecule has 0 bridgehead atoms. The van der Waals surface area contributed by atoms with Crippen LogP contribution in [0, 0.1) is 5.82 Å². The first-order valence-electron chi connectivity index (χ1n) is 12.3. The molecule has 5 rings (SSSR count). The molecular formula is C26H33FN6. The molecule has 1 saturated heterocycles. The Balaban J connectivity index is 1.35. The summed E-state index contributed by atoms with van der Waals surface area (Å²) in [6.45, 7) is 4.77. The Labute approximate surface area is 195 Å². The first-order chi connectivity index (χ1) is 16.3. The highest BCUT2D eigenvalue weighted by atomic mass is 19.1. The lowest BCUT2D eigenvalue weighted by molar-refractivity contribution is 0.0619. The number of halogens is 1. The summed E-state index contributed by atoms with van der Waals surface area (Å²) < 4.78 is 15.6. The topological polar surface area (TPSA) is 50.1 Å². The number of nitrogens with zero attached hydrogens (tertiary/aromatic N) is 6. The summed E-state index contributed by atoms with van der Waals surface area (Å²) >= 11 is 0. The number of hydrogen-bond donors (Lipinski definition) is 0. The van der Waals surface area contributed by atoms with Gasteiger partial charge in [-0.2, -0.15) is 0 Å². The Morgan fingerprint density at radius 1 is 0.879 bits per heavy atom. The largest absolute Gasteiger partial charge is 0.298 e. The second kappa shape index (κ2) is 10.5. The standard InChI is InChI=1S/C26H33FN6/c27-23-13-11-22(12-14-23)25(32-19-17-31(18-20-32)24-9-5-2-6-10-24)26-28-29-30-33(26)16-15-21-7-3-1-4-8-21/h1,3-4,7-8,11-14,24-25H,2,5-6,9-10,15-20H2. The monoisotopic (exact) mass is 448 g/mol. The molecule has 1 atom stereocenters. The number of tetrazole rings is 1. The van der Waals surface area contributed by atoms with Crippen molar-refractivity contribution in [2.24, 2.45) is 0 Å². The van der Waals surface area contributed by atoms with Gasteiger partial charge in [-0.15, -0.1) is 5.10 Å². The molecule has 1 aliphatic heterocycles. The van der Waals surface area contributed by atoms with Crippen LogP contribution in [-0.4, -0.2) is 62.2 Å². The fourth-order valence-corrected chi connectivity index (χ4v) is 5.42. The zero-order valence-electron chi connectivity index (χ0n) is 19.2. The Morgan fingerprint density at radius 3 is 2.33 bits per heavy atom. The first-order valence-corrected chi connectivity index (χ1v) is 12.3. The van der Waals surface area contributed by atoms with Gasteiger partial charge in [-0.05, 0) is 52.9 Å². The third-order valence-corrected chi connectivity index (χ3v) is 7.25. The third kappa shape index (κ3) is 5.31. The summed E-state index contributed by atoms with van der Waals surface area (Å²) in [5, 5.41) is 12.8. The van der Waals surface area contributed by atoms with Crippen molar-refractivity contribution in [2.45, 2.75) is 57.2 Å². The van der Waals surface area contributed by atoms with Crippen molar-refractivity contribution >= 4 is 0 Å². The van der Waals surface area contributed by atoms with Crippen LogP contribution in [0.4, 0.5) is 4.39 Å². The molecule has 1 saturated carbocycles. The lowest BCUT2D eigenvalue weighted by atomic mass is 9.93. The quantitative estimate of drug-likeness (QED) is 0.545. The zero-order chi connectivity index (χ0) is 22.5. The van der Waals surface area contributed by atoms with Gasteiger partial charge in [-0.1, -0.05) is 61.7 Å². The molecule has 0 spiro atoms. The summed E-state index contributed by atoms with van der Waals surface area (Å²) in [6.07, 6.45) is 7.63. The van der Waals surface area contributed by atoms with Crippen molar-refractivity contribution < 1.29 is 4.39 Å². The van der Waals surface area contributed by atoms with E-state index in [2.05, 4.69) is 49.6 Å². The van der Waals surface area contributed by atoms with Gasteiger partial charge in [-0.3, -0.25) is 9.80 Å². The molecule has 1 unspecified atom stereocenters. The van der Waals surface area contributed by atoms with Gasteiger partial charge < -0.3 is 0 Å². The second-order valence-electron chi connectivity index (χ2n) is 9.31. The van der Waals surface area contributed by atoms with Gasteiger partial charge in [0.15, 0.2) is 5.82 Å². The normalized spacial score (nSPS) is 19.5. The Bertz CT molecular complexity index is 991. The highest BCUT2D eigenvalue weighted by molar-refractivity contribution is 5.26. The minimum absolute atomic E-state index is 0.0788. The van der Waals surface area contributed by atoms with E-state index in [1.165, 1.54) is 37.7 Å². The summed E-state index contributed by atoms with van der Waals surface area (Å²) in [6, 6.07) is 17.9. The number of rotatable bonds is 7. The van der Waals surface area contributed by atoms with Gasteiger partial charge in [0.25, 0.3) is 0 Å². The first kappa shape index (κ1) is 22.2. The van der Waals surface area contributed by atoms with Gasteiger partial charge in [0, 0.05) is 38.8 Å². The maximum absolute atomic E-state index is 13.7. The summed E-state index contributed by atoms with van der Waals surface area (Å²) in [5.41, 5.74) is 2.30. The molecule has 3 aromatic rings. The van der Waals surface area contributed by atoms with E-state index in [1.54, 1.807) is 12.1 Å². The molecule has 2 heterocycles. The maximum atomic E-state index is 13.7. The zero-order valence-corrected chi connectivity index (χ0v) is 19.2. The molecule has 6 nitrogen and oxygen atoms in total. The molecule has 2 aliphatic rings. The number of aryl methyl sites for hydroxylation is 2. The molecule has 7 heteroatoms. The second-order valence-corrected chi connectivity index (χ2v) is 9.31. The van der Waals surface area contributed by atoms with E-state index >= 15 is 0 Å². The molecule has 0 N–H and O–H groups in total. The predicted octanol–water partition coefficient (Wildman–Crippen LogP) is 4.09. The molecule has 33 heavy (non-hydrogen) atoms. The van der Waals surface area contributed by atoms with Gasteiger partial charge >= 0.3 is 0 Å². The highest BCUT2D eigenvalue weighted by Crippen LogP contribution is 2.30. The molecule has 174 valence electrons. The van der Waals surface area contributed by atoms with E-state index in [4.69, 9.17) is 0 Å². The summed E-state index contributed by atoms with van der Waals surface area (Å²) in [4.78, 5) is 5.15. The molecular weight excluding hydrogens is 415 g/mol. The Hall–Kier alpha value is -2.64. The predicted molar refractivity (Wildman–Crippen MR) is 126 cm³/mol. The molecule has 0 amide bonds. The molecule has 0 radical (unpaired) electrons. The fourth-order valence-electron chi connectivity index (χ4n) is 5.42. The van der Waals surface area contributed by atoms with Crippen molar-refractivity contribution in [2.75, 3.05) is 26.2 Å². The average molecular weight is 449 g/mol. The Kier molecular flexibility index (Phi) is 7.07. The van der Waals surface area contributed by atoms with Crippen molar-refractivity contribution in [1.82, 2.24) is 30.0 Å². The van der Waals surface area contributed by atoms with Gasteiger partial charge in [-0.25, -0.2) is 9.07 Å². The van der Waals surface area contributed by atoms with Crippen LogP contribution < -0.4 is 0 Å². The summed E-state index contributed by atoms with van der Waals surface area (Å²) in [5.74, 6) is 0.618. The van der Waals surface area contributed by atoms with Crippen LogP contribution in [0.1, 0.15) is 55.1 Å². The Morgan fingerprint density at radius 2 is 1.61 bits per heavy atom. The van der Waals surface area contributed by atoms with Crippen LogP contribution in [0.3, 0.4) is 0 Å². The van der Waals surface area contributed by atoms with E-state index in [1.807, 2.05) is 22.9 Å². The van der Waals surface area contributed by atoms with Crippen LogP contribution in [0.5, 0.6) is 0 Å². The SMILES string of the molecule is Fc1ccc(C(c2nnnn2CCc2ccccc2)N2CCN(C3CCCCC3)CC2)cc1. The third-order valence-electron chi connectivity index (χ3n) is 7.25. The van der Waals surface area contributed by atoms with Crippen molar-refractivity contribution in [3.63, 3.8) is 0 Å². The fraction of sp³-hybridized carbons (Fsp3) is 0.500. The van der Waals surface area contributed by atoms with Crippen molar-refractivity contribution in [1.29, 1.82) is 0 Å². The number of benzene rings is 2. The number of hydrogen-bond acceptors (Lipinski definition) is 5. The van der Waals surface area contributed by atoms with Crippen LogP contribution in [0.2, 0.25) is 0 Å². The number of aromatic nitrogens is 4. The van der Waals surface area contributed by atoms with Gasteiger partial charge in [0.05, 0.1) is 6.04 Å². The van der Waals surface area contributed by atoms with Crippen LogP contribution in [-0.2, 0) is 13.0 Å². The molecule has 1 aromatic heterocycles. The summed E-state index contributed by atoms with van der Waals surface area (Å²) in [7, 11) is 0. The van der Waals surface area contributed by atoms with Crippen LogP contribution in [0.15, 0.2) is 54.6 Å².